The van der Waals surface area contributed by atoms with Crippen molar-refractivity contribution in [2.24, 2.45) is 5.92 Å². The summed E-state index contributed by atoms with van der Waals surface area (Å²) in [6, 6.07) is 10.0. The van der Waals surface area contributed by atoms with E-state index < -0.39 is 6.10 Å². The van der Waals surface area contributed by atoms with Gasteiger partial charge in [0.25, 0.3) is 0 Å². The largest absolute Gasteiger partial charge is 0.368 e. The van der Waals surface area contributed by atoms with E-state index in [-0.39, 0.29) is 11.9 Å². The molecule has 1 aliphatic carbocycles. The predicted octanol–water partition coefficient (Wildman–Crippen LogP) is 3.72. The van der Waals surface area contributed by atoms with Gasteiger partial charge >= 0.3 is 0 Å². The number of hydrogen-bond acceptors (Lipinski definition) is 3. The number of carbonyl (C=O) groups excluding carboxylic acids is 1. The van der Waals surface area contributed by atoms with Crippen LogP contribution in [0, 0.1) is 19.8 Å². The van der Waals surface area contributed by atoms with Crippen LogP contribution in [0.3, 0.4) is 0 Å². The van der Waals surface area contributed by atoms with Crippen molar-refractivity contribution < 1.29 is 9.53 Å². The van der Waals surface area contributed by atoms with E-state index >= 15 is 0 Å². The van der Waals surface area contributed by atoms with Gasteiger partial charge < -0.3 is 10.1 Å². The standard InChI is InChI=1S/C21H26N2O2/c1-14-9-15(2)11-19(10-14)20(18-5-4-8-22-12-18)23-21(24)16(3)25-13-17-6-7-17/h4-5,8-12,16-17,20H,6-7,13H2,1-3H3,(H,23,24)/t16-,20-/m0/s1. The molecule has 1 aromatic carbocycles. The monoisotopic (exact) mass is 338 g/mol. The van der Waals surface area contributed by atoms with Crippen LogP contribution in [0.5, 0.6) is 0 Å². The second-order valence-corrected chi connectivity index (χ2v) is 7.07. The van der Waals surface area contributed by atoms with Crippen molar-refractivity contribution in [3.8, 4) is 0 Å². The van der Waals surface area contributed by atoms with Gasteiger partial charge in [-0.05, 0) is 56.7 Å². The lowest BCUT2D eigenvalue weighted by Crippen LogP contribution is -2.38. The number of nitrogens with zero attached hydrogens (tertiary/aromatic N) is 1. The van der Waals surface area contributed by atoms with Crippen molar-refractivity contribution in [2.75, 3.05) is 6.61 Å². The first-order valence-corrected chi connectivity index (χ1v) is 8.93. The molecule has 0 aliphatic heterocycles. The lowest BCUT2D eigenvalue weighted by molar-refractivity contribution is -0.132. The van der Waals surface area contributed by atoms with Crippen molar-refractivity contribution in [3.05, 3.63) is 65.0 Å². The summed E-state index contributed by atoms with van der Waals surface area (Å²) in [5, 5.41) is 3.14. The lowest BCUT2D eigenvalue weighted by Gasteiger charge is -2.23. The molecule has 0 radical (unpaired) electrons. The minimum Gasteiger partial charge on any atom is -0.368 e. The minimum absolute atomic E-state index is 0.0892. The number of hydrogen-bond donors (Lipinski definition) is 1. The molecule has 3 rings (SSSR count). The van der Waals surface area contributed by atoms with Gasteiger partial charge in [-0.2, -0.15) is 0 Å². The second-order valence-electron chi connectivity index (χ2n) is 7.07. The van der Waals surface area contributed by atoms with Gasteiger partial charge in [0.1, 0.15) is 6.10 Å². The van der Waals surface area contributed by atoms with Crippen molar-refractivity contribution in [1.82, 2.24) is 10.3 Å². The topological polar surface area (TPSA) is 51.2 Å². The Morgan fingerprint density at radius 1 is 1.24 bits per heavy atom. The first-order chi connectivity index (χ1) is 12.0. The van der Waals surface area contributed by atoms with E-state index in [0.717, 1.165) is 11.1 Å². The van der Waals surface area contributed by atoms with Crippen molar-refractivity contribution in [1.29, 1.82) is 0 Å². The zero-order chi connectivity index (χ0) is 17.8. The fourth-order valence-electron chi connectivity index (χ4n) is 2.98. The van der Waals surface area contributed by atoms with Crippen LogP contribution in [-0.2, 0) is 9.53 Å². The fourth-order valence-corrected chi connectivity index (χ4v) is 2.98. The van der Waals surface area contributed by atoms with E-state index in [1.807, 2.05) is 19.1 Å². The van der Waals surface area contributed by atoms with Gasteiger partial charge in [-0.3, -0.25) is 9.78 Å². The van der Waals surface area contributed by atoms with Crippen LogP contribution >= 0.6 is 0 Å². The average Bonchev–Trinajstić information content (AvgIpc) is 3.41. The van der Waals surface area contributed by atoms with Crippen molar-refractivity contribution in [3.63, 3.8) is 0 Å². The maximum absolute atomic E-state index is 12.6. The van der Waals surface area contributed by atoms with E-state index in [9.17, 15) is 4.79 Å². The summed E-state index contributed by atoms with van der Waals surface area (Å²) in [5.74, 6) is 0.553. The molecule has 1 heterocycles. The highest BCUT2D eigenvalue weighted by Crippen LogP contribution is 2.29. The fraction of sp³-hybridized carbons (Fsp3) is 0.429. The first-order valence-electron chi connectivity index (χ1n) is 8.93. The molecule has 0 bridgehead atoms. The third-order valence-corrected chi connectivity index (χ3v) is 4.53. The predicted molar refractivity (Wildman–Crippen MR) is 98.3 cm³/mol. The van der Waals surface area contributed by atoms with Gasteiger partial charge in [-0.1, -0.05) is 35.4 Å². The zero-order valence-corrected chi connectivity index (χ0v) is 15.2. The maximum atomic E-state index is 12.6. The third-order valence-electron chi connectivity index (χ3n) is 4.53. The highest BCUT2D eigenvalue weighted by Gasteiger charge is 2.26. The normalized spacial score (nSPS) is 16.3. The highest BCUT2D eigenvalue weighted by molar-refractivity contribution is 5.81. The zero-order valence-electron chi connectivity index (χ0n) is 15.2. The molecule has 2 aromatic rings. The Bertz CT molecular complexity index is 706. The van der Waals surface area contributed by atoms with Gasteiger partial charge in [0.2, 0.25) is 5.91 Å². The van der Waals surface area contributed by atoms with E-state index in [4.69, 9.17) is 4.74 Å². The maximum Gasteiger partial charge on any atom is 0.249 e. The highest BCUT2D eigenvalue weighted by atomic mass is 16.5. The number of aromatic nitrogens is 1. The van der Waals surface area contributed by atoms with Crippen LogP contribution in [-0.4, -0.2) is 23.6 Å². The third kappa shape index (κ3) is 4.89. The van der Waals surface area contributed by atoms with Crippen LogP contribution < -0.4 is 5.32 Å². The Hall–Kier alpha value is -2.20. The summed E-state index contributed by atoms with van der Waals surface area (Å²) in [7, 11) is 0. The molecule has 25 heavy (non-hydrogen) atoms. The Morgan fingerprint density at radius 2 is 1.96 bits per heavy atom. The number of ether oxygens (including phenoxy) is 1. The van der Waals surface area contributed by atoms with E-state index in [2.05, 4.69) is 42.3 Å². The first kappa shape index (κ1) is 17.6. The van der Waals surface area contributed by atoms with Crippen LogP contribution in [0.15, 0.2) is 42.7 Å². The summed E-state index contributed by atoms with van der Waals surface area (Å²) in [4.78, 5) is 16.9. The number of carbonyl (C=O) groups is 1. The number of rotatable bonds is 7. The summed E-state index contributed by atoms with van der Waals surface area (Å²) < 4.78 is 5.72. The lowest BCUT2D eigenvalue weighted by atomic mass is 9.96. The second kappa shape index (κ2) is 7.79. The number of benzene rings is 1. The molecule has 1 N–H and O–H groups in total. The Labute approximate surface area is 149 Å². The number of nitrogens with one attached hydrogen (secondary N) is 1. The number of aryl methyl sites for hydroxylation is 2. The van der Waals surface area contributed by atoms with E-state index in [0.29, 0.717) is 12.5 Å². The summed E-state index contributed by atoms with van der Waals surface area (Å²) in [6.45, 7) is 6.63. The molecule has 0 spiro atoms. The SMILES string of the molecule is Cc1cc(C)cc([C@@H](NC(=O)[C@H](C)OCC2CC2)c2cccnc2)c1. The smallest absolute Gasteiger partial charge is 0.249 e. The molecule has 0 saturated heterocycles. The molecular weight excluding hydrogens is 312 g/mol. The molecule has 1 amide bonds. The van der Waals surface area contributed by atoms with Crippen molar-refractivity contribution >= 4 is 5.91 Å². The van der Waals surface area contributed by atoms with Gasteiger partial charge in [0.05, 0.1) is 12.6 Å². The number of pyridine rings is 1. The van der Waals surface area contributed by atoms with Gasteiger partial charge in [0, 0.05) is 12.4 Å². The minimum atomic E-state index is -0.453. The molecule has 1 aromatic heterocycles. The van der Waals surface area contributed by atoms with Crippen molar-refractivity contribution in [2.45, 2.75) is 45.8 Å². The molecule has 4 heteroatoms. The summed E-state index contributed by atoms with van der Waals surface area (Å²) in [6.07, 6.45) is 5.53. The summed E-state index contributed by atoms with van der Waals surface area (Å²) in [5.41, 5.74) is 4.39. The van der Waals surface area contributed by atoms with Crippen LogP contribution in [0.4, 0.5) is 0 Å². The quantitative estimate of drug-likeness (QED) is 0.837. The molecule has 1 aliphatic rings. The average molecular weight is 338 g/mol. The van der Waals surface area contributed by atoms with Crippen LogP contribution in [0.2, 0.25) is 0 Å². The molecule has 2 atom stereocenters. The van der Waals surface area contributed by atoms with Gasteiger partial charge in [-0.15, -0.1) is 0 Å². The molecular formula is C21H26N2O2. The Kier molecular flexibility index (Phi) is 5.49. The molecule has 1 saturated carbocycles. The van der Waals surface area contributed by atoms with E-state index in [1.165, 1.54) is 24.0 Å². The Morgan fingerprint density at radius 3 is 2.56 bits per heavy atom. The Balaban J connectivity index is 1.79. The molecule has 4 nitrogen and oxygen atoms in total. The van der Waals surface area contributed by atoms with Gasteiger partial charge in [0.15, 0.2) is 0 Å². The molecule has 1 fully saturated rings. The van der Waals surface area contributed by atoms with E-state index in [1.54, 1.807) is 12.4 Å². The van der Waals surface area contributed by atoms with Gasteiger partial charge in [-0.25, -0.2) is 0 Å². The number of amides is 1. The molecule has 0 unspecified atom stereocenters. The summed E-state index contributed by atoms with van der Waals surface area (Å²) >= 11 is 0. The molecule has 132 valence electrons. The van der Waals surface area contributed by atoms with Crippen LogP contribution in [0.25, 0.3) is 0 Å². The van der Waals surface area contributed by atoms with Crippen LogP contribution in [0.1, 0.15) is 48.1 Å².